The minimum absolute atomic E-state index is 0.0749. The number of likely N-dealkylation sites (tertiary alicyclic amines) is 1. The molecule has 1 aromatic carbocycles. The van der Waals surface area contributed by atoms with Gasteiger partial charge in [-0.25, -0.2) is 0 Å². The standard InChI is InChI=1S/C21H28N4O/c1-16-15-24(12-9-19(16)17-6-3-2-4-7-17)21(26)20-10-13-25(23-20)18-8-5-11-22-14-18/h2-4,6-7,10,13,16,18-19,22H,5,8-9,11-12,14-15H2,1H3. The predicted octanol–water partition coefficient (Wildman–Crippen LogP) is 3.07. The lowest BCUT2D eigenvalue weighted by Crippen LogP contribution is -2.42. The maximum absolute atomic E-state index is 12.9. The molecule has 0 aliphatic carbocycles. The van der Waals surface area contributed by atoms with Gasteiger partial charge in [0.15, 0.2) is 0 Å². The van der Waals surface area contributed by atoms with E-state index in [9.17, 15) is 4.79 Å². The van der Waals surface area contributed by atoms with E-state index in [0.29, 0.717) is 23.6 Å². The summed E-state index contributed by atoms with van der Waals surface area (Å²) in [6.45, 7) is 5.88. The Morgan fingerprint density at radius 2 is 2.04 bits per heavy atom. The summed E-state index contributed by atoms with van der Waals surface area (Å²) >= 11 is 0. The van der Waals surface area contributed by atoms with Crippen molar-refractivity contribution in [3.8, 4) is 0 Å². The average molecular weight is 352 g/mol. The SMILES string of the molecule is CC1CN(C(=O)c2ccn(C3CCCNC3)n2)CCC1c1ccccc1. The van der Waals surface area contributed by atoms with Gasteiger partial charge in [0.1, 0.15) is 5.69 Å². The van der Waals surface area contributed by atoms with E-state index < -0.39 is 0 Å². The van der Waals surface area contributed by atoms with Gasteiger partial charge in [0.05, 0.1) is 6.04 Å². The van der Waals surface area contributed by atoms with Crippen LogP contribution in [0.5, 0.6) is 0 Å². The molecular weight excluding hydrogens is 324 g/mol. The van der Waals surface area contributed by atoms with Crippen LogP contribution in [-0.2, 0) is 0 Å². The molecule has 26 heavy (non-hydrogen) atoms. The van der Waals surface area contributed by atoms with Crippen LogP contribution in [0, 0.1) is 5.92 Å². The molecule has 2 aromatic rings. The number of rotatable bonds is 3. The molecular formula is C21H28N4O. The first kappa shape index (κ1) is 17.3. The Hall–Kier alpha value is -2.14. The second kappa shape index (κ2) is 7.62. The van der Waals surface area contributed by atoms with Gasteiger partial charge in [-0.05, 0) is 49.3 Å². The van der Waals surface area contributed by atoms with E-state index in [2.05, 4.69) is 47.7 Å². The third-order valence-electron chi connectivity index (χ3n) is 5.89. The van der Waals surface area contributed by atoms with E-state index in [-0.39, 0.29) is 5.91 Å². The maximum atomic E-state index is 12.9. The molecule has 3 atom stereocenters. The summed E-state index contributed by atoms with van der Waals surface area (Å²) in [6, 6.07) is 12.9. The van der Waals surface area contributed by atoms with Crippen molar-refractivity contribution in [1.29, 1.82) is 0 Å². The molecule has 0 bridgehead atoms. The first-order valence-corrected chi connectivity index (χ1v) is 9.82. The van der Waals surface area contributed by atoms with E-state index >= 15 is 0 Å². The van der Waals surface area contributed by atoms with Crippen LogP contribution in [0.3, 0.4) is 0 Å². The van der Waals surface area contributed by atoms with Gasteiger partial charge < -0.3 is 10.2 Å². The summed E-state index contributed by atoms with van der Waals surface area (Å²) in [4.78, 5) is 14.9. The molecule has 3 heterocycles. The summed E-state index contributed by atoms with van der Waals surface area (Å²) in [7, 11) is 0. The molecule has 2 fully saturated rings. The molecule has 0 radical (unpaired) electrons. The van der Waals surface area contributed by atoms with Crippen molar-refractivity contribution in [2.24, 2.45) is 5.92 Å². The Kier molecular flexibility index (Phi) is 5.07. The van der Waals surface area contributed by atoms with Gasteiger partial charge in [0, 0.05) is 25.8 Å². The quantitative estimate of drug-likeness (QED) is 0.924. The highest BCUT2D eigenvalue weighted by Gasteiger charge is 2.31. The highest BCUT2D eigenvalue weighted by atomic mass is 16.2. The first-order valence-electron chi connectivity index (χ1n) is 9.82. The largest absolute Gasteiger partial charge is 0.337 e. The van der Waals surface area contributed by atoms with Crippen LogP contribution in [0.15, 0.2) is 42.6 Å². The molecule has 0 spiro atoms. The Balaban J connectivity index is 1.41. The third-order valence-corrected chi connectivity index (χ3v) is 5.89. The van der Waals surface area contributed by atoms with E-state index in [4.69, 9.17) is 0 Å². The van der Waals surface area contributed by atoms with Crippen LogP contribution in [0.1, 0.15) is 54.2 Å². The Labute approximate surface area is 155 Å². The smallest absolute Gasteiger partial charge is 0.274 e. The number of carbonyl (C=O) groups is 1. The number of hydrogen-bond donors (Lipinski definition) is 1. The highest BCUT2D eigenvalue weighted by Crippen LogP contribution is 2.33. The molecule has 5 heteroatoms. The molecule has 4 rings (SSSR count). The van der Waals surface area contributed by atoms with Crippen molar-refractivity contribution in [2.45, 2.75) is 38.1 Å². The molecule has 1 aromatic heterocycles. The second-order valence-corrected chi connectivity index (χ2v) is 7.72. The minimum Gasteiger partial charge on any atom is -0.337 e. The van der Waals surface area contributed by atoms with Crippen molar-refractivity contribution in [3.63, 3.8) is 0 Å². The van der Waals surface area contributed by atoms with Gasteiger partial charge in [0.2, 0.25) is 0 Å². The van der Waals surface area contributed by atoms with Crippen molar-refractivity contribution in [3.05, 3.63) is 53.9 Å². The highest BCUT2D eigenvalue weighted by molar-refractivity contribution is 5.92. The molecule has 0 saturated carbocycles. The number of benzene rings is 1. The number of hydrogen-bond acceptors (Lipinski definition) is 3. The Bertz CT molecular complexity index is 735. The number of carbonyl (C=O) groups excluding carboxylic acids is 1. The summed E-state index contributed by atoms with van der Waals surface area (Å²) in [6.07, 6.45) is 5.27. The van der Waals surface area contributed by atoms with Crippen molar-refractivity contribution < 1.29 is 4.79 Å². The molecule has 2 aliphatic heterocycles. The van der Waals surface area contributed by atoms with Crippen molar-refractivity contribution >= 4 is 5.91 Å². The van der Waals surface area contributed by atoms with Crippen molar-refractivity contribution in [2.75, 3.05) is 26.2 Å². The van der Waals surface area contributed by atoms with Crippen LogP contribution in [0.25, 0.3) is 0 Å². The maximum Gasteiger partial charge on any atom is 0.274 e. The third kappa shape index (κ3) is 3.54. The normalized spacial score (nSPS) is 26.7. The lowest BCUT2D eigenvalue weighted by molar-refractivity contribution is 0.0653. The molecule has 5 nitrogen and oxygen atoms in total. The monoisotopic (exact) mass is 352 g/mol. The van der Waals surface area contributed by atoms with E-state index in [1.165, 1.54) is 12.0 Å². The minimum atomic E-state index is 0.0749. The number of nitrogens with one attached hydrogen (secondary N) is 1. The van der Waals surface area contributed by atoms with Crippen LogP contribution < -0.4 is 5.32 Å². The van der Waals surface area contributed by atoms with Gasteiger partial charge >= 0.3 is 0 Å². The zero-order valence-electron chi connectivity index (χ0n) is 15.5. The molecule has 2 saturated heterocycles. The molecule has 1 amide bonds. The lowest BCUT2D eigenvalue weighted by Gasteiger charge is -2.37. The van der Waals surface area contributed by atoms with E-state index in [1.807, 2.05) is 21.8 Å². The zero-order valence-corrected chi connectivity index (χ0v) is 15.5. The fraction of sp³-hybridized carbons (Fsp3) is 0.524. The summed E-state index contributed by atoms with van der Waals surface area (Å²) in [5.74, 6) is 1.07. The summed E-state index contributed by atoms with van der Waals surface area (Å²) in [5.41, 5.74) is 1.97. The number of nitrogens with zero attached hydrogens (tertiary/aromatic N) is 3. The van der Waals surface area contributed by atoms with E-state index in [0.717, 1.165) is 39.0 Å². The van der Waals surface area contributed by atoms with Gasteiger partial charge in [0.25, 0.3) is 5.91 Å². The fourth-order valence-electron chi connectivity index (χ4n) is 4.40. The zero-order chi connectivity index (χ0) is 17.9. The van der Waals surface area contributed by atoms with Crippen LogP contribution >= 0.6 is 0 Å². The number of piperidine rings is 2. The molecule has 138 valence electrons. The average Bonchev–Trinajstić information content (AvgIpc) is 3.19. The number of aromatic nitrogens is 2. The van der Waals surface area contributed by atoms with Crippen LogP contribution in [0.4, 0.5) is 0 Å². The van der Waals surface area contributed by atoms with Gasteiger partial charge in [-0.1, -0.05) is 37.3 Å². The van der Waals surface area contributed by atoms with E-state index in [1.54, 1.807) is 0 Å². The fourth-order valence-corrected chi connectivity index (χ4v) is 4.40. The summed E-state index contributed by atoms with van der Waals surface area (Å²) < 4.78 is 1.97. The first-order chi connectivity index (χ1) is 12.7. The van der Waals surface area contributed by atoms with Gasteiger partial charge in [-0.3, -0.25) is 9.48 Å². The molecule has 2 aliphatic rings. The Morgan fingerprint density at radius 3 is 2.77 bits per heavy atom. The predicted molar refractivity (Wildman–Crippen MR) is 102 cm³/mol. The van der Waals surface area contributed by atoms with Crippen LogP contribution in [-0.4, -0.2) is 46.8 Å². The topological polar surface area (TPSA) is 50.2 Å². The number of amides is 1. The summed E-state index contributed by atoms with van der Waals surface area (Å²) in [5, 5.41) is 8.00. The molecule has 1 N–H and O–H groups in total. The molecule has 3 unspecified atom stereocenters. The van der Waals surface area contributed by atoms with Crippen LogP contribution in [0.2, 0.25) is 0 Å². The Morgan fingerprint density at radius 1 is 1.19 bits per heavy atom. The van der Waals surface area contributed by atoms with Crippen molar-refractivity contribution in [1.82, 2.24) is 20.0 Å². The van der Waals surface area contributed by atoms with Gasteiger partial charge in [-0.2, -0.15) is 5.10 Å². The lowest BCUT2D eigenvalue weighted by atomic mass is 9.81. The second-order valence-electron chi connectivity index (χ2n) is 7.72. The van der Waals surface area contributed by atoms with Gasteiger partial charge in [-0.15, -0.1) is 0 Å².